The van der Waals surface area contributed by atoms with E-state index >= 15 is 0 Å². The van der Waals surface area contributed by atoms with E-state index in [0.29, 0.717) is 0 Å². The normalized spacial score (nSPS) is 14.7. The molecule has 3 nitrogen and oxygen atoms in total. The van der Waals surface area contributed by atoms with Crippen molar-refractivity contribution in [3.8, 4) is 56.0 Å². The van der Waals surface area contributed by atoms with E-state index in [1.165, 1.54) is 81.1 Å². The van der Waals surface area contributed by atoms with Crippen LogP contribution in [0.1, 0.15) is 43.2 Å². The first-order valence-corrected chi connectivity index (χ1v) is 18.1. The highest BCUT2D eigenvalue weighted by Gasteiger charge is 2.45. The molecule has 0 radical (unpaired) electrons. The van der Waals surface area contributed by atoms with Crippen molar-refractivity contribution in [3.05, 3.63) is 151 Å². The van der Waals surface area contributed by atoms with Gasteiger partial charge in [-0.2, -0.15) is 0 Å². The van der Waals surface area contributed by atoms with Gasteiger partial charge in [0.25, 0.3) is 0 Å². The van der Waals surface area contributed by atoms with Crippen molar-refractivity contribution < 1.29 is 0 Å². The minimum absolute atomic E-state index is 0.132. The maximum absolute atomic E-state index is 5.14. The van der Waals surface area contributed by atoms with Crippen LogP contribution in [0, 0.1) is 0 Å². The first kappa shape index (κ1) is 28.6. The molecule has 1 spiro atoms. The van der Waals surface area contributed by atoms with Crippen LogP contribution in [0.3, 0.4) is 0 Å². The Kier molecular flexibility index (Phi) is 6.60. The number of hydrogen-bond acceptors (Lipinski definition) is 4. The Morgan fingerprint density at radius 1 is 0.510 bits per heavy atom. The first-order chi connectivity index (χ1) is 24.3. The van der Waals surface area contributed by atoms with Crippen LogP contribution in [0.25, 0.3) is 76.3 Å². The molecule has 49 heavy (non-hydrogen) atoms. The third-order valence-electron chi connectivity index (χ3n) is 10.8. The van der Waals surface area contributed by atoms with Gasteiger partial charge >= 0.3 is 0 Å². The molecule has 0 atom stereocenters. The van der Waals surface area contributed by atoms with Crippen LogP contribution in [0.5, 0.6) is 0 Å². The molecule has 1 fully saturated rings. The zero-order valence-corrected chi connectivity index (χ0v) is 27.9. The molecule has 3 heterocycles. The smallest absolute Gasteiger partial charge is 0.160 e. The highest BCUT2D eigenvalue weighted by Crippen LogP contribution is 2.58. The molecule has 234 valence electrons. The highest BCUT2D eigenvalue weighted by atomic mass is 32.1. The molecule has 0 unspecified atom stereocenters. The van der Waals surface area contributed by atoms with Gasteiger partial charge in [0.15, 0.2) is 5.82 Å². The highest BCUT2D eigenvalue weighted by molar-refractivity contribution is 7.26. The summed E-state index contributed by atoms with van der Waals surface area (Å²) in [6.45, 7) is 0. The number of fused-ring (bicyclic) bond motifs is 8. The van der Waals surface area contributed by atoms with Crippen LogP contribution in [-0.2, 0) is 5.41 Å². The number of aromatic nitrogens is 3. The summed E-state index contributed by atoms with van der Waals surface area (Å²) in [5.41, 5.74) is 15.2. The van der Waals surface area contributed by atoms with Crippen molar-refractivity contribution in [1.82, 2.24) is 15.0 Å². The third-order valence-corrected chi connectivity index (χ3v) is 12.0. The van der Waals surface area contributed by atoms with Gasteiger partial charge in [0, 0.05) is 39.0 Å². The van der Waals surface area contributed by atoms with Crippen molar-refractivity contribution in [2.24, 2.45) is 0 Å². The summed E-state index contributed by atoms with van der Waals surface area (Å²) in [6.07, 6.45) is 10.1. The lowest BCUT2D eigenvalue weighted by Gasteiger charge is -2.37. The van der Waals surface area contributed by atoms with Crippen LogP contribution in [0.15, 0.2) is 140 Å². The fraction of sp³-hybridized carbons (Fsp3) is 0.133. The Bertz CT molecular complexity index is 2510. The largest absolute Gasteiger partial charge is 0.265 e. The zero-order valence-electron chi connectivity index (χ0n) is 27.1. The maximum atomic E-state index is 5.14. The second-order valence-electron chi connectivity index (χ2n) is 13.5. The van der Waals surface area contributed by atoms with E-state index in [1.807, 2.05) is 24.5 Å². The Morgan fingerprint density at radius 3 is 1.96 bits per heavy atom. The van der Waals surface area contributed by atoms with Crippen molar-refractivity contribution in [2.75, 3.05) is 0 Å². The zero-order chi connectivity index (χ0) is 32.4. The van der Waals surface area contributed by atoms with Crippen molar-refractivity contribution >= 4 is 31.6 Å². The van der Waals surface area contributed by atoms with Gasteiger partial charge in [0.05, 0.1) is 15.9 Å². The lowest BCUT2D eigenvalue weighted by Crippen LogP contribution is -2.28. The van der Waals surface area contributed by atoms with Crippen LogP contribution in [0.2, 0.25) is 0 Å². The molecular formula is C45H33N3S. The minimum atomic E-state index is 0.132. The summed E-state index contributed by atoms with van der Waals surface area (Å²) in [6, 6.07) is 46.5. The molecule has 0 N–H and O–H groups in total. The van der Waals surface area contributed by atoms with E-state index in [-0.39, 0.29) is 5.41 Å². The van der Waals surface area contributed by atoms with E-state index in [2.05, 4.69) is 120 Å². The van der Waals surface area contributed by atoms with Gasteiger partial charge in [-0.15, -0.1) is 11.3 Å². The van der Waals surface area contributed by atoms with Crippen molar-refractivity contribution in [1.29, 1.82) is 0 Å². The van der Waals surface area contributed by atoms with E-state index in [0.717, 1.165) is 32.9 Å². The predicted octanol–water partition coefficient (Wildman–Crippen LogP) is 12.1. The van der Waals surface area contributed by atoms with Gasteiger partial charge in [-0.05, 0) is 75.5 Å². The summed E-state index contributed by atoms with van der Waals surface area (Å²) >= 11 is 1.75. The number of benzene rings is 5. The molecule has 3 aromatic heterocycles. The van der Waals surface area contributed by atoms with Gasteiger partial charge in [0.2, 0.25) is 0 Å². The summed E-state index contributed by atoms with van der Waals surface area (Å²) in [4.78, 5) is 14.5. The number of hydrogen-bond donors (Lipinski definition) is 0. The summed E-state index contributed by atoms with van der Waals surface area (Å²) in [5, 5.41) is 1.17. The topological polar surface area (TPSA) is 38.7 Å². The van der Waals surface area contributed by atoms with Crippen LogP contribution >= 0.6 is 11.3 Å². The molecule has 4 heteroatoms. The molecule has 10 rings (SSSR count). The molecule has 2 aliphatic rings. The quantitative estimate of drug-likeness (QED) is 0.191. The molecule has 0 aliphatic heterocycles. The molecular weight excluding hydrogens is 615 g/mol. The van der Waals surface area contributed by atoms with Gasteiger partial charge in [-0.1, -0.05) is 128 Å². The summed E-state index contributed by atoms with van der Waals surface area (Å²) in [7, 11) is 0. The fourth-order valence-corrected chi connectivity index (χ4v) is 9.71. The van der Waals surface area contributed by atoms with Crippen molar-refractivity contribution in [3.63, 3.8) is 0 Å². The molecule has 2 aliphatic carbocycles. The Morgan fingerprint density at radius 2 is 1.16 bits per heavy atom. The Hall–Kier alpha value is -5.45. The molecule has 1 saturated carbocycles. The maximum Gasteiger partial charge on any atom is 0.160 e. The van der Waals surface area contributed by atoms with Gasteiger partial charge in [0.1, 0.15) is 0 Å². The average Bonchev–Trinajstić information content (AvgIpc) is 3.69. The Labute approximate surface area is 290 Å². The summed E-state index contributed by atoms with van der Waals surface area (Å²) in [5.74, 6) is 0.736. The lowest BCUT2D eigenvalue weighted by atomic mass is 9.66. The van der Waals surface area contributed by atoms with Gasteiger partial charge in [-0.3, -0.25) is 4.98 Å². The van der Waals surface area contributed by atoms with E-state index in [4.69, 9.17) is 9.97 Å². The van der Waals surface area contributed by atoms with Crippen LogP contribution < -0.4 is 0 Å². The van der Waals surface area contributed by atoms with Gasteiger partial charge < -0.3 is 0 Å². The second-order valence-corrected chi connectivity index (χ2v) is 14.5. The van der Waals surface area contributed by atoms with Crippen LogP contribution in [0.4, 0.5) is 0 Å². The van der Waals surface area contributed by atoms with Crippen molar-refractivity contribution in [2.45, 2.75) is 37.5 Å². The standard InChI is InChI=1S/C45H33N3S/c1-6-25-45(26-7-1)38-13-4-2-9-35(38)36-12-8-11-34(40(36)45)31-19-15-29(16-20-31)30-17-21-33(22-18-30)44-47-41(32-23-27-46-28-24-32)43-42(48-44)37-10-3-5-14-39(37)49-43/h2-5,8-24,27-28H,1,6-7,25-26H2. The molecule has 0 saturated heterocycles. The first-order valence-electron chi connectivity index (χ1n) is 17.3. The fourth-order valence-electron chi connectivity index (χ4n) is 8.56. The summed E-state index contributed by atoms with van der Waals surface area (Å²) < 4.78 is 2.33. The van der Waals surface area contributed by atoms with E-state index < -0.39 is 0 Å². The molecule has 8 aromatic rings. The molecule has 5 aromatic carbocycles. The Balaban J connectivity index is 1.01. The molecule has 0 bridgehead atoms. The minimum Gasteiger partial charge on any atom is -0.265 e. The third kappa shape index (κ3) is 4.51. The lowest BCUT2D eigenvalue weighted by molar-refractivity contribution is 0.353. The monoisotopic (exact) mass is 647 g/mol. The number of nitrogens with zero attached hydrogens (tertiary/aromatic N) is 3. The number of pyridine rings is 1. The predicted molar refractivity (Wildman–Crippen MR) is 204 cm³/mol. The van der Waals surface area contributed by atoms with E-state index in [1.54, 1.807) is 16.9 Å². The van der Waals surface area contributed by atoms with Crippen LogP contribution in [-0.4, -0.2) is 15.0 Å². The number of rotatable bonds is 4. The molecule has 0 amide bonds. The van der Waals surface area contributed by atoms with Gasteiger partial charge in [-0.25, -0.2) is 9.97 Å². The second kappa shape index (κ2) is 11.3. The van der Waals surface area contributed by atoms with E-state index in [9.17, 15) is 0 Å². The number of thiophene rings is 1. The average molecular weight is 648 g/mol. The SMILES string of the molecule is c1ccc2c(c1)-c1cccc(-c3ccc(-c4ccc(-c5nc(-c6ccncc6)c6sc7ccccc7c6n5)cc4)cc3)c1C21CCCCC1.